The summed E-state index contributed by atoms with van der Waals surface area (Å²) in [5.74, 6) is 1.36. The van der Waals surface area contributed by atoms with E-state index in [9.17, 15) is 19.2 Å². The molecule has 0 aliphatic carbocycles. The Bertz CT molecular complexity index is 2420. The van der Waals surface area contributed by atoms with Crippen LogP contribution < -0.4 is 16.0 Å². The highest BCUT2D eigenvalue weighted by molar-refractivity contribution is 5.96. The van der Waals surface area contributed by atoms with E-state index in [-0.39, 0.29) is 17.7 Å². The fourth-order valence-corrected chi connectivity index (χ4v) is 7.88. The van der Waals surface area contributed by atoms with Crippen molar-refractivity contribution in [2.45, 2.75) is 49.3 Å². The zero-order valence-electron chi connectivity index (χ0n) is 32.4. The first-order chi connectivity index (χ1) is 28.8. The Morgan fingerprint density at radius 1 is 0.763 bits per heavy atom. The summed E-state index contributed by atoms with van der Waals surface area (Å²) in [7, 11) is 2.52. The van der Waals surface area contributed by atoms with Gasteiger partial charge in [-0.15, -0.1) is 0 Å². The fourth-order valence-electron chi connectivity index (χ4n) is 7.88. The number of imidazole rings is 2. The summed E-state index contributed by atoms with van der Waals surface area (Å²) < 4.78 is 15.9. The van der Waals surface area contributed by atoms with Gasteiger partial charge in [0.2, 0.25) is 5.89 Å². The molecule has 8 rings (SSSR count). The predicted octanol–water partition coefficient (Wildman–Crippen LogP) is 6.13. The van der Waals surface area contributed by atoms with Crippen molar-refractivity contribution in [3.8, 4) is 34.2 Å². The van der Waals surface area contributed by atoms with Gasteiger partial charge in [0.05, 0.1) is 44.5 Å². The summed E-state index contributed by atoms with van der Waals surface area (Å²) >= 11 is 0. The maximum atomic E-state index is 14.3. The molecule has 0 unspecified atom stereocenters. The van der Waals surface area contributed by atoms with E-state index in [1.807, 2.05) is 60.7 Å². The van der Waals surface area contributed by atoms with Gasteiger partial charge in [0.1, 0.15) is 35.0 Å². The van der Waals surface area contributed by atoms with Gasteiger partial charge in [-0.25, -0.2) is 24.5 Å². The molecule has 0 saturated carbocycles. The Morgan fingerprint density at radius 2 is 1.41 bits per heavy atom. The number of Topliss-reactive ketones (excluding diaryl/α,β-unsaturated/α-hetero) is 1. The highest BCUT2D eigenvalue weighted by Crippen LogP contribution is 2.37. The number of oxazole rings is 1. The summed E-state index contributed by atoms with van der Waals surface area (Å²) in [5.41, 5.74) is 3.01. The van der Waals surface area contributed by atoms with Gasteiger partial charge in [0.25, 0.3) is 5.91 Å². The van der Waals surface area contributed by atoms with E-state index < -0.39 is 29.8 Å². The van der Waals surface area contributed by atoms with E-state index in [1.54, 1.807) is 47.8 Å². The van der Waals surface area contributed by atoms with Crippen LogP contribution in [0, 0.1) is 0 Å². The molecule has 16 nitrogen and oxygen atoms in total. The number of carbonyl (C=O) groups is 4. The summed E-state index contributed by atoms with van der Waals surface area (Å²) in [5, 5.41) is 8.76. The number of aromatic nitrogens is 5. The molecule has 2 aliphatic rings. The Kier molecular flexibility index (Phi) is 11.0. The van der Waals surface area contributed by atoms with Gasteiger partial charge in [-0.1, -0.05) is 84.9 Å². The van der Waals surface area contributed by atoms with Crippen LogP contribution in [0.25, 0.3) is 34.2 Å². The highest BCUT2D eigenvalue weighted by Gasteiger charge is 2.49. The molecule has 2 saturated heterocycles. The van der Waals surface area contributed by atoms with E-state index >= 15 is 0 Å². The Balaban J connectivity index is 0.973. The molecule has 2 fully saturated rings. The molecular formula is C43H43N9O7. The van der Waals surface area contributed by atoms with Crippen molar-refractivity contribution in [1.82, 2.24) is 45.8 Å². The molecular weight excluding hydrogens is 755 g/mol. The van der Waals surface area contributed by atoms with Crippen LogP contribution >= 0.6 is 0 Å². The van der Waals surface area contributed by atoms with Crippen LogP contribution in [0.2, 0.25) is 0 Å². The zero-order chi connectivity index (χ0) is 40.9. The first-order valence-corrected chi connectivity index (χ1v) is 19.3. The normalized spacial score (nSPS) is 18.5. The topological polar surface area (TPSA) is 209 Å². The van der Waals surface area contributed by atoms with Crippen LogP contribution in [-0.4, -0.2) is 81.0 Å². The summed E-state index contributed by atoms with van der Waals surface area (Å²) in [6, 6.07) is 23.7. The third kappa shape index (κ3) is 7.81. The number of nitrogens with one attached hydrogen (secondary N) is 5. The van der Waals surface area contributed by atoms with Crippen LogP contribution in [-0.2, 0) is 24.6 Å². The average molecular weight is 798 g/mol. The van der Waals surface area contributed by atoms with Crippen LogP contribution in [0.15, 0.2) is 108 Å². The number of ether oxygens (including phenoxy) is 2. The number of nitrogens with zero attached hydrogens (tertiary/aromatic N) is 4. The van der Waals surface area contributed by atoms with Crippen molar-refractivity contribution < 1.29 is 33.1 Å². The molecule has 5 heterocycles. The van der Waals surface area contributed by atoms with Crippen LogP contribution in [0.4, 0.5) is 9.59 Å². The summed E-state index contributed by atoms with van der Waals surface area (Å²) in [6.07, 6.45) is 6.26. The maximum absolute atomic E-state index is 14.3. The number of hydrogen-bond acceptors (Lipinski definition) is 11. The molecule has 16 heteroatoms. The molecule has 2 aliphatic heterocycles. The van der Waals surface area contributed by atoms with Crippen molar-refractivity contribution in [3.05, 3.63) is 126 Å². The maximum Gasteiger partial charge on any atom is 0.407 e. The highest BCUT2D eigenvalue weighted by atomic mass is 16.5. The molecule has 5 N–H and O–H groups in total. The number of rotatable bonds is 12. The van der Waals surface area contributed by atoms with Gasteiger partial charge >= 0.3 is 12.2 Å². The van der Waals surface area contributed by atoms with Crippen molar-refractivity contribution in [3.63, 3.8) is 0 Å². The van der Waals surface area contributed by atoms with Gasteiger partial charge in [-0.2, -0.15) is 0 Å². The molecule has 0 spiro atoms. The average Bonchev–Trinajstić information content (AvgIpc) is 4.14. The second kappa shape index (κ2) is 16.8. The molecule has 3 aromatic carbocycles. The lowest BCUT2D eigenvalue weighted by molar-refractivity contribution is -0.134. The molecule has 59 heavy (non-hydrogen) atoms. The first-order valence-electron chi connectivity index (χ1n) is 19.3. The third-order valence-electron chi connectivity index (χ3n) is 10.9. The molecule has 3 amide bonds. The summed E-state index contributed by atoms with van der Waals surface area (Å²) in [6.45, 7) is 1.11. The standard InChI is InChI=1S/C43H43N9O7/c1-57-41(55)50-34(28-11-5-3-6-12-28)36(53)43(20-10-21-47-43)40-46-24-31(49-40)38-45-25-33(59-38)27-18-16-26(17-19-27)30-23-44-37(48-30)32-15-9-22-52(32)39(54)35(51-42(56)58-2)29-13-7-4-8-14-29/h3-8,11-14,16-19,23-25,32,34-35,47H,9-10,15,20-22H2,1-2H3,(H,44,48)(H,46,49)(H,50,55)(H,51,56)/t32-,34+,35+,43+/m0/s1. The monoisotopic (exact) mass is 797 g/mol. The van der Waals surface area contributed by atoms with Gasteiger partial charge in [-0.05, 0) is 48.9 Å². The second-order valence-corrected chi connectivity index (χ2v) is 14.4. The number of hydrogen-bond donors (Lipinski definition) is 5. The number of amides is 3. The van der Waals surface area contributed by atoms with Crippen molar-refractivity contribution in [2.75, 3.05) is 27.3 Å². The number of benzene rings is 3. The first kappa shape index (κ1) is 38.8. The quantitative estimate of drug-likeness (QED) is 0.0952. The number of alkyl carbamates (subject to hydrolysis) is 2. The fraction of sp³-hybridized carbons (Fsp3) is 0.279. The third-order valence-corrected chi connectivity index (χ3v) is 10.9. The van der Waals surface area contributed by atoms with Crippen LogP contribution in [0.3, 0.4) is 0 Å². The largest absolute Gasteiger partial charge is 0.453 e. The van der Waals surface area contributed by atoms with Crippen molar-refractivity contribution in [2.24, 2.45) is 0 Å². The summed E-state index contributed by atoms with van der Waals surface area (Å²) in [4.78, 5) is 75.0. The number of methoxy groups -OCH3 is 2. The number of H-pyrrole nitrogens is 2. The van der Waals surface area contributed by atoms with E-state index in [2.05, 4.69) is 40.9 Å². The van der Waals surface area contributed by atoms with Gasteiger partial charge in [0, 0.05) is 12.1 Å². The van der Waals surface area contributed by atoms with E-state index in [0.29, 0.717) is 59.6 Å². The van der Waals surface area contributed by atoms with Crippen LogP contribution in [0.5, 0.6) is 0 Å². The number of aromatic amines is 2. The van der Waals surface area contributed by atoms with Gasteiger partial charge < -0.3 is 39.4 Å². The Labute approximate surface area is 339 Å². The molecule has 302 valence electrons. The molecule has 3 aromatic heterocycles. The number of carbonyl (C=O) groups excluding carboxylic acids is 4. The van der Waals surface area contributed by atoms with Gasteiger partial charge in [0.15, 0.2) is 11.5 Å². The molecule has 4 atom stereocenters. The lowest BCUT2D eigenvalue weighted by Gasteiger charge is -2.30. The molecule has 0 radical (unpaired) electrons. The SMILES string of the molecule is COC(=O)N[C@@H](C(=O)N1CCC[C@H]1c1ncc(-c2ccc(-c3cnc(-c4cnc([C@]5(C(=O)[C@H](NC(=O)OC)c6ccccc6)CCCN5)[nH]4)o3)cc2)[nH]1)c1ccccc1. The molecule has 6 aromatic rings. The number of ketones is 1. The Hall–Kier alpha value is -7.07. The minimum absolute atomic E-state index is 0.239. The molecule has 0 bridgehead atoms. The Morgan fingerprint density at radius 3 is 2.07 bits per heavy atom. The predicted molar refractivity (Wildman–Crippen MR) is 214 cm³/mol. The minimum atomic E-state index is -1.20. The second-order valence-electron chi connectivity index (χ2n) is 14.4. The van der Waals surface area contributed by atoms with Crippen molar-refractivity contribution in [1.29, 1.82) is 0 Å². The minimum Gasteiger partial charge on any atom is -0.453 e. The lowest BCUT2D eigenvalue weighted by Crippen LogP contribution is -2.51. The van der Waals surface area contributed by atoms with E-state index in [4.69, 9.17) is 13.9 Å². The zero-order valence-corrected chi connectivity index (χ0v) is 32.4. The van der Waals surface area contributed by atoms with E-state index in [1.165, 1.54) is 14.2 Å². The van der Waals surface area contributed by atoms with Crippen LogP contribution in [0.1, 0.15) is 66.6 Å². The van der Waals surface area contributed by atoms with Gasteiger partial charge in [-0.3, -0.25) is 14.9 Å². The number of likely N-dealkylation sites (tertiary alicyclic amines) is 1. The van der Waals surface area contributed by atoms with Crippen molar-refractivity contribution >= 4 is 23.9 Å². The smallest absolute Gasteiger partial charge is 0.407 e. The van der Waals surface area contributed by atoms with E-state index in [0.717, 1.165) is 36.1 Å². The lowest BCUT2D eigenvalue weighted by atomic mass is 9.84.